The van der Waals surface area contributed by atoms with Crippen LogP contribution in [-0.4, -0.2) is 71.4 Å². The maximum Gasteiger partial charge on any atom is 0.537 e. The van der Waals surface area contributed by atoms with Gasteiger partial charge in [-0.3, -0.25) is 14.5 Å². The second-order valence-corrected chi connectivity index (χ2v) is 2.83. The molecule has 0 radical (unpaired) electrons. The molecule has 0 saturated carbocycles. The lowest BCUT2D eigenvalue weighted by molar-refractivity contribution is -0.194. The maximum absolute atomic E-state index is 10.3. The molecule has 20 heavy (non-hydrogen) atoms. The van der Waals surface area contributed by atoms with Crippen LogP contribution in [0.4, 0.5) is 4.79 Å². The first-order valence-corrected chi connectivity index (χ1v) is 3.99. The summed E-state index contributed by atoms with van der Waals surface area (Å²) in [6, 6.07) is 0. The number of carboxylic acids is 3. The zero-order valence-corrected chi connectivity index (χ0v) is 9.64. The molecule has 0 saturated heterocycles. The van der Waals surface area contributed by atoms with Crippen molar-refractivity contribution in [2.75, 3.05) is 0 Å². The number of rotatable bonds is 5. The summed E-state index contributed by atoms with van der Waals surface area (Å²) in [5.74, 6) is -5.02. The lowest BCUT2D eigenvalue weighted by Gasteiger charge is -2.18. The van der Waals surface area contributed by atoms with Crippen molar-refractivity contribution in [2.45, 2.75) is 18.4 Å². The fourth-order valence-electron chi connectivity index (χ4n) is 0.714. The van der Waals surface area contributed by atoms with Gasteiger partial charge in [0.05, 0.1) is 12.8 Å². The molecule has 0 aliphatic heterocycles. The van der Waals surface area contributed by atoms with Crippen LogP contribution in [0.15, 0.2) is 0 Å². The second kappa shape index (κ2) is 11.6. The van der Waals surface area contributed by atoms with E-state index >= 15 is 0 Å². The van der Waals surface area contributed by atoms with Crippen molar-refractivity contribution in [2.24, 2.45) is 0 Å². The highest BCUT2D eigenvalue weighted by molar-refractivity contribution is 5.88. The van der Waals surface area contributed by atoms with E-state index in [4.69, 9.17) is 35.6 Å². The van der Waals surface area contributed by atoms with Crippen LogP contribution in [0.2, 0.25) is 0 Å². The Kier molecular flexibility index (Phi) is 15.2. The third kappa shape index (κ3) is 13.6. The van der Waals surface area contributed by atoms with Gasteiger partial charge >= 0.3 is 24.1 Å². The van der Waals surface area contributed by atoms with E-state index in [-0.39, 0.29) is 11.0 Å². The number of carbonyl (C=O) groups is 4. The predicted molar refractivity (Wildman–Crippen MR) is 56.1 cm³/mol. The van der Waals surface area contributed by atoms with Gasteiger partial charge in [-0.15, -0.1) is 0 Å². The molecule has 0 spiro atoms. The van der Waals surface area contributed by atoms with Crippen LogP contribution in [0, 0.1) is 0 Å². The molecule has 0 atom stereocenters. The molecule has 0 rings (SSSR count). The summed E-state index contributed by atoms with van der Waals surface area (Å²) < 4.78 is 0. The van der Waals surface area contributed by atoms with Gasteiger partial charge in [-0.2, -0.15) is 5.26 Å². The van der Waals surface area contributed by atoms with Gasteiger partial charge in [0.15, 0.2) is 5.60 Å². The van der Waals surface area contributed by atoms with Crippen LogP contribution in [0.5, 0.6) is 0 Å². The number of carboxylic acid groups (broad SMARTS) is 4. The van der Waals surface area contributed by atoms with Crippen LogP contribution in [0.3, 0.4) is 0 Å². The molecule has 120 valence electrons. The molecule has 0 unspecified atom stereocenters. The van der Waals surface area contributed by atoms with Gasteiger partial charge in [0.25, 0.3) is 0 Å². The highest BCUT2D eigenvalue weighted by Crippen LogP contribution is 2.15. The molecule has 0 aromatic carbocycles. The summed E-state index contributed by atoms with van der Waals surface area (Å²) in [7, 11) is 0. The monoisotopic (exact) mass is 306 g/mol. The Bertz CT molecular complexity index is 318. The average molecular weight is 306 g/mol. The van der Waals surface area contributed by atoms with Crippen molar-refractivity contribution in [3.8, 4) is 0 Å². The van der Waals surface area contributed by atoms with E-state index < -0.39 is 42.5 Å². The van der Waals surface area contributed by atoms with Crippen molar-refractivity contribution >= 4 is 24.1 Å². The van der Waals surface area contributed by atoms with E-state index in [1.807, 2.05) is 0 Å². The smallest absolute Gasteiger partial charge is 0.481 e. The fraction of sp³-hybridized carbons (Fsp3) is 0.429. The quantitative estimate of drug-likeness (QED) is 0.224. The van der Waals surface area contributed by atoms with Crippen molar-refractivity contribution in [1.82, 2.24) is 0 Å². The summed E-state index contributed by atoms with van der Waals surface area (Å²) >= 11 is 0. The van der Waals surface area contributed by atoms with E-state index in [0.717, 1.165) is 0 Å². The number of aliphatic carboxylic acids is 3. The lowest BCUT2D eigenvalue weighted by Crippen LogP contribution is -2.42. The first-order valence-electron chi connectivity index (χ1n) is 3.99. The van der Waals surface area contributed by atoms with Crippen LogP contribution in [0.1, 0.15) is 12.8 Å². The van der Waals surface area contributed by atoms with Crippen LogP contribution in [0.25, 0.3) is 0 Å². The Labute approximate surface area is 109 Å². The number of hydrogen-bond donors (Lipinski definition) is 6. The van der Waals surface area contributed by atoms with Crippen LogP contribution >= 0.6 is 0 Å². The van der Waals surface area contributed by atoms with Crippen LogP contribution < -0.4 is 0 Å². The molecular formula is C7H14O13. The minimum atomic E-state index is -2.74. The summed E-state index contributed by atoms with van der Waals surface area (Å²) in [5, 5.41) is 48.1. The molecule has 0 bridgehead atoms. The number of hydrogen-bond acceptors (Lipinski definition) is 7. The van der Waals surface area contributed by atoms with Crippen molar-refractivity contribution in [3.05, 3.63) is 0 Å². The second-order valence-electron chi connectivity index (χ2n) is 2.83. The first kappa shape index (κ1) is 26.2. The van der Waals surface area contributed by atoms with Crippen molar-refractivity contribution in [1.29, 1.82) is 0 Å². The highest BCUT2D eigenvalue weighted by atomic mass is 17.1. The van der Waals surface area contributed by atoms with Gasteiger partial charge < -0.3 is 36.5 Å². The molecule has 0 aliphatic rings. The maximum atomic E-state index is 10.3. The third-order valence-corrected chi connectivity index (χ3v) is 1.36. The Balaban J connectivity index is -0.000000158. The Morgan fingerprint density at radius 3 is 1.20 bits per heavy atom. The standard InChI is InChI=1S/C6H8O7.CH2O4.2H2O/c7-3(8)1-6(13,5(11)12)2-4(9)10;2-1(3)5-4;;/h13H,1-2H2,(H,7,8)(H,9,10)(H,11,12);4H,(H,2,3);2*1H2. The lowest BCUT2D eigenvalue weighted by atomic mass is 9.96. The Morgan fingerprint density at radius 2 is 1.10 bits per heavy atom. The minimum absolute atomic E-state index is 0. The first-order chi connectivity index (χ1) is 8.05. The molecule has 13 nitrogen and oxygen atoms in total. The van der Waals surface area contributed by atoms with Crippen LogP contribution in [-0.2, 0) is 19.3 Å². The van der Waals surface area contributed by atoms with Gasteiger partial charge in [-0.1, -0.05) is 0 Å². The predicted octanol–water partition coefficient (Wildman–Crippen LogP) is -2.74. The van der Waals surface area contributed by atoms with E-state index in [9.17, 15) is 14.4 Å². The van der Waals surface area contributed by atoms with Gasteiger partial charge in [-0.25, -0.2) is 9.59 Å². The minimum Gasteiger partial charge on any atom is -0.481 e. The van der Waals surface area contributed by atoms with Crippen molar-refractivity contribution in [3.63, 3.8) is 0 Å². The third-order valence-electron chi connectivity index (χ3n) is 1.36. The molecule has 0 aliphatic carbocycles. The van der Waals surface area contributed by atoms with E-state index in [0.29, 0.717) is 0 Å². The molecule has 10 N–H and O–H groups in total. The van der Waals surface area contributed by atoms with E-state index in [1.165, 1.54) is 0 Å². The topological polar surface area (TPSA) is 262 Å². The summed E-state index contributed by atoms with van der Waals surface area (Å²) in [6.45, 7) is 0. The molecule has 0 amide bonds. The summed E-state index contributed by atoms with van der Waals surface area (Å²) in [6.07, 6.45) is -3.98. The normalized spacial score (nSPS) is 8.70. The van der Waals surface area contributed by atoms with Crippen molar-refractivity contribution < 1.29 is 65.8 Å². The average Bonchev–Trinajstić information content (AvgIpc) is 2.15. The summed E-state index contributed by atoms with van der Waals surface area (Å²) in [4.78, 5) is 42.0. The molecule has 0 aromatic heterocycles. The SMILES string of the molecule is O.O.O=C(O)CC(O)(CC(=O)O)C(=O)O.O=C(O)OO. The molecule has 13 heteroatoms. The Morgan fingerprint density at radius 1 is 0.850 bits per heavy atom. The van der Waals surface area contributed by atoms with Gasteiger partial charge in [0, 0.05) is 0 Å². The van der Waals surface area contributed by atoms with Gasteiger partial charge in [0.1, 0.15) is 0 Å². The van der Waals surface area contributed by atoms with E-state index in [2.05, 4.69) is 4.89 Å². The molecule has 0 heterocycles. The fourth-order valence-corrected chi connectivity index (χ4v) is 0.714. The van der Waals surface area contributed by atoms with Gasteiger partial charge in [-0.05, 0) is 0 Å². The molecule has 0 fully saturated rings. The van der Waals surface area contributed by atoms with Gasteiger partial charge in [0.2, 0.25) is 0 Å². The molecule has 0 aromatic rings. The van der Waals surface area contributed by atoms with E-state index in [1.54, 1.807) is 0 Å². The Hall–Kier alpha value is -2.48. The number of aliphatic hydroxyl groups is 1. The zero-order valence-electron chi connectivity index (χ0n) is 9.64. The zero-order chi connectivity index (χ0) is 14.9. The highest BCUT2D eigenvalue weighted by Gasteiger charge is 2.40. The largest absolute Gasteiger partial charge is 0.537 e. The molecular weight excluding hydrogens is 292 g/mol. The summed E-state index contributed by atoms with van der Waals surface area (Å²) in [5.41, 5.74) is -2.74.